The summed E-state index contributed by atoms with van der Waals surface area (Å²) in [6, 6.07) is 6.53. The fraction of sp³-hybridized carbons (Fsp3) is 0.533. The summed E-state index contributed by atoms with van der Waals surface area (Å²) in [5.74, 6) is 0.0511. The van der Waals surface area contributed by atoms with E-state index in [-0.39, 0.29) is 5.91 Å². The molecule has 4 N–H and O–H groups in total. The Labute approximate surface area is 113 Å². The lowest BCUT2D eigenvalue weighted by Crippen LogP contribution is -2.40. The minimum absolute atomic E-state index is 0.0511. The topological polar surface area (TPSA) is 67.1 Å². The molecule has 0 saturated heterocycles. The van der Waals surface area contributed by atoms with Gasteiger partial charge in [-0.2, -0.15) is 0 Å². The molecule has 0 unspecified atom stereocenters. The molecule has 4 heteroatoms. The number of amides is 1. The Bertz CT molecular complexity index is 478. The highest BCUT2D eigenvalue weighted by Gasteiger charge is 2.21. The third-order valence-corrected chi connectivity index (χ3v) is 4.18. The average molecular weight is 259 g/mol. The number of carbonyl (C=O) groups excluding carboxylic acids is 1. The van der Waals surface area contributed by atoms with Gasteiger partial charge in [0.25, 0.3) is 5.91 Å². The molecule has 0 aromatic heterocycles. The summed E-state index contributed by atoms with van der Waals surface area (Å²) in [6.07, 6.45) is 5.03. The van der Waals surface area contributed by atoms with Crippen molar-refractivity contribution >= 4 is 11.6 Å². The summed E-state index contributed by atoms with van der Waals surface area (Å²) in [4.78, 5) is 12.2. The Morgan fingerprint density at radius 3 is 2.84 bits per heavy atom. The molecule has 4 nitrogen and oxygen atoms in total. The van der Waals surface area contributed by atoms with Gasteiger partial charge in [0, 0.05) is 29.9 Å². The molecule has 1 aromatic carbocycles. The molecule has 1 fully saturated rings. The van der Waals surface area contributed by atoms with Gasteiger partial charge in [-0.15, -0.1) is 0 Å². The summed E-state index contributed by atoms with van der Waals surface area (Å²) in [5.41, 5.74) is 9.07. The van der Waals surface area contributed by atoms with E-state index in [2.05, 4.69) is 10.6 Å². The smallest absolute Gasteiger partial charge is 0.251 e. The lowest BCUT2D eigenvalue weighted by molar-refractivity contribution is 0.0926. The van der Waals surface area contributed by atoms with E-state index < -0.39 is 0 Å². The zero-order chi connectivity index (χ0) is 13.2. The number of rotatable bonds is 2. The predicted molar refractivity (Wildman–Crippen MR) is 76.3 cm³/mol. The van der Waals surface area contributed by atoms with Crippen molar-refractivity contribution in [3.8, 4) is 0 Å². The molecule has 0 radical (unpaired) electrons. The van der Waals surface area contributed by atoms with Crippen molar-refractivity contribution in [3.63, 3.8) is 0 Å². The van der Waals surface area contributed by atoms with E-state index in [4.69, 9.17) is 5.73 Å². The monoisotopic (exact) mass is 259 g/mol. The first kappa shape index (κ1) is 12.5. The summed E-state index contributed by atoms with van der Waals surface area (Å²) in [6.45, 7) is 0.973. The molecule has 0 bridgehead atoms. The summed E-state index contributed by atoms with van der Waals surface area (Å²) < 4.78 is 0. The van der Waals surface area contributed by atoms with Crippen LogP contribution in [0, 0.1) is 0 Å². The second-order valence-corrected chi connectivity index (χ2v) is 5.63. The van der Waals surface area contributed by atoms with Gasteiger partial charge in [-0.05, 0) is 55.9 Å². The van der Waals surface area contributed by atoms with Crippen molar-refractivity contribution in [2.45, 2.75) is 44.2 Å². The summed E-state index contributed by atoms with van der Waals surface area (Å²) in [7, 11) is 0. The molecule has 19 heavy (non-hydrogen) atoms. The van der Waals surface area contributed by atoms with E-state index in [0.29, 0.717) is 12.1 Å². The molecule has 3 rings (SSSR count). The molecular weight excluding hydrogens is 238 g/mol. The fourth-order valence-corrected chi connectivity index (χ4v) is 2.98. The quantitative estimate of drug-likeness (QED) is 0.756. The van der Waals surface area contributed by atoms with Crippen molar-refractivity contribution in [2.75, 3.05) is 11.9 Å². The van der Waals surface area contributed by atoms with E-state index in [1.165, 1.54) is 11.3 Å². The Morgan fingerprint density at radius 1 is 1.26 bits per heavy atom. The van der Waals surface area contributed by atoms with Crippen LogP contribution in [0.3, 0.4) is 0 Å². The van der Waals surface area contributed by atoms with Gasteiger partial charge in [0.05, 0.1) is 0 Å². The SMILES string of the molecule is NC1CCC(NC(=O)c2ccc3c(c2)CCN3)CC1. The Hall–Kier alpha value is -1.55. The van der Waals surface area contributed by atoms with Crippen LogP contribution in [0.1, 0.15) is 41.6 Å². The number of benzene rings is 1. The Kier molecular flexibility index (Phi) is 3.42. The van der Waals surface area contributed by atoms with E-state index in [1.807, 2.05) is 18.2 Å². The standard InChI is InChI=1S/C15H21N3O/c16-12-2-4-13(5-3-12)18-15(19)11-1-6-14-10(9-11)7-8-17-14/h1,6,9,12-13,17H,2-5,7-8,16H2,(H,18,19). The average Bonchev–Trinajstić information content (AvgIpc) is 2.88. The van der Waals surface area contributed by atoms with Crippen LogP contribution in [-0.4, -0.2) is 24.5 Å². The third kappa shape index (κ3) is 2.73. The highest BCUT2D eigenvalue weighted by molar-refractivity contribution is 5.95. The summed E-state index contributed by atoms with van der Waals surface area (Å²) in [5, 5.41) is 6.44. The lowest BCUT2D eigenvalue weighted by atomic mass is 9.91. The lowest BCUT2D eigenvalue weighted by Gasteiger charge is -2.26. The van der Waals surface area contributed by atoms with Crippen molar-refractivity contribution in [1.29, 1.82) is 0 Å². The van der Waals surface area contributed by atoms with Gasteiger partial charge in [-0.25, -0.2) is 0 Å². The molecule has 1 saturated carbocycles. The predicted octanol–water partition coefficient (Wildman–Crippen LogP) is 1.65. The van der Waals surface area contributed by atoms with Gasteiger partial charge in [-0.1, -0.05) is 0 Å². The van der Waals surface area contributed by atoms with Crippen LogP contribution in [0.15, 0.2) is 18.2 Å². The molecule has 1 heterocycles. The van der Waals surface area contributed by atoms with Crippen molar-refractivity contribution in [1.82, 2.24) is 5.32 Å². The van der Waals surface area contributed by atoms with Crippen LogP contribution in [-0.2, 0) is 6.42 Å². The van der Waals surface area contributed by atoms with Gasteiger partial charge in [0.1, 0.15) is 0 Å². The van der Waals surface area contributed by atoms with Crippen LogP contribution >= 0.6 is 0 Å². The number of hydrogen-bond donors (Lipinski definition) is 3. The molecule has 0 atom stereocenters. The maximum absolute atomic E-state index is 12.2. The minimum atomic E-state index is 0.0511. The van der Waals surface area contributed by atoms with Gasteiger partial charge >= 0.3 is 0 Å². The number of hydrogen-bond acceptors (Lipinski definition) is 3. The van der Waals surface area contributed by atoms with Crippen LogP contribution in [0.5, 0.6) is 0 Å². The molecule has 1 aliphatic heterocycles. The number of fused-ring (bicyclic) bond motifs is 1. The van der Waals surface area contributed by atoms with Gasteiger partial charge in [0.15, 0.2) is 0 Å². The number of nitrogens with one attached hydrogen (secondary N) is 2. The first-order chi connectivity index (χ1) is 9.22. The van der Waals surface area contributed by atoms with Crippen LogP contribution in [0.2, 0.25) is 0 Å². The van der Waals surface area contributed by atoms with E-state index in [0.717, 1.165) is 44.2 Å². The maximum Gasteiger partial charge on any atom is 0.251 e. The molecule has 0 spiro atoms. The zero-order valence-corrected chi connectivity index (χ0v) is 11.1. The molecule has 102 valence electrons. The Balaban J connectivity index is 1.64. The largest absolute Gasteiger partial charge is 0.384 e. The molecule has 1 aliphatic carbocycles. The second kappa shape index (κ2) is 5.21. The minimum Gasteiger partial charge on any atom is -0.384 e. The van der Waals surface area contributed by atoms with Crippen molar-refractivity contribution < 1.29 is 4.79 Å². The maximum atomic E-state index is 12.2. The third-order valence-electron chi connectivity index (χ3n) is 4.18. The van der Waals surface area contributed by atoms with Crippen molar-refractivity contribution in [3.05, 3.63) is 29.3 Å². The van der Waals surface area contributed by atoms with E-state index in [9.17, 15) is 4.79 Å². The highest BCUT2D eigenvalue weighted by Crippen LogP contribution is 2.23. The molecule has 2 aliphatic rings. The first-order valence-corrected chi connectivity index (χ1v) is 7.15. The van der Waals surface area contributed by atoms with Gasteiger partial charge < -0.3 is 16.4 Å². The van der Waals surface area contributed by atoms with Crippen molar-refractivity contribution in [2.24, 2.45) is 5.73 Å². The van der Waals surface area contributed by atoms with E-state index >= 15 is 0 Å². The number of anilines is 1. The Morgan fingerprint density at radius 2 is 2.05 bits per heavy atom. The van der Waals surface area contributed by atoms with Gasteiger partial charge in [0.2, 0.25) is 0 Å². The normalized spacial score (nSPS) is 25.5. The van der Waals surface area contributed by atoms with Crippen LogP contribution < -0.4 is 16.4 Å². The second-order valence-electron chi connectivity index (χ2n) is 5.63. The number of carbonyl (C=O) groups is 1. The first-order valence-electron chi connectivity index (χ1n) is 7.15. The molecule has 1 aromatic rings. The van der Waals surface area contributed by atoms with Crippen LogP contribution in [0.4, 0.5) is 5.69 Å². The molecular formula is C15H21N3O. The molecule has 1 amide bonds. The van der Waals surface area contributed by atoms with Crippen LogP contribution in [0.25, 0.3) is 0 Å². The highest BCUT2D eigenvalue weighted by atomic mass is 16.1. The van der Waals surface area contributed by atoms with E-state index in [1.54, 1.807) is 0 Å². The zero-order valence-electron chi connectivity index (χ0n) is 11.1. The van der Waals surface area contributed by atoms with Gasteiger partial charge in [-0.3, -0.25) is 4.79 Å². The number of nitrogens with two attached hydrogens (primary N) is 1. The fourth-order valence-electron chi connectivity index (χ4n) is 2.98. The summed E-state index contributed by atoms with van der Waals surface area (Å²) >= 11 is 0.